The molecule has 222 valence electrons. The summed E-state index contributed by atoms with van der Waals surface area (Å²) in [5.41, 5.74) is 12.1. The topological polar surface area (TPSA) is 84.7 Å². The van der Waals surface area contributed by atoms with Crippen molar-refractivity contribution in [1.82, 2.24) is 5.32 Å². The zero-order valence-corrected chi connectivity index (χ0v) is 25.3. The van der Waals surface area contributed by atoms with Gasteiger partial charge < -0.3 is 20.7 Å². The fourth-order valence-corrected chi connectivity index (χ4v) is 5.56. The van der Waals surface area contributed by atoms with Gasteiger partial charge in [0.25, 0.3) is 0 Å². The lowest BCUT2D eigenvalue weighted by atomic mass is 9.87. The second kappa shape index (κ2) is 13.3. The summed E-state index contributed by atoms with van der Waals surface area (Å²) in [5, 5.41) is 3.15. The third kappa shape index (κ3) is 7.51. The van der Waals surface area contributed by atoms with E-state index in [1.807, 2.05) is 60.7 Å². The molecule has 4 aromatic carbocycles. The molecule has 0 fully saturated rings. The van der Waals surface area contributed by atoms with Gasteiger partial charge in [-0.25, -0.2) is 0 Å². The van der Waals surface area contributed by atoms with Crippen molar-refractivity contribution < 1.29 is 14.3 Å². The fourth-order valence-electron chi connectivity index (χ4n) is 5.56. The first kappa shape index (κ1) is 30.1. The highest BCUT2D eigenvalue weighted by Gasteiger charge is 2.25. The highest BCUT2D eigenvalue weighted by molar-refractivity contribution is 5.96. The Balaban J connectivity index is 1.36. The highest BCUT2D eigenvalue weighted by Crippen LogP contribution is 2.35. The van der Waals surface area contributed by atoms with Crippen LogP contribution in [0.15, 0.2) is 97.1 Å². The number of ether oxygens (including phenoxy) is 1. The third-order valence-corrected chi connectivity index (χ3v) is 8.01. The van der Waals surface area contributed by atoms with Crippen LogP contribution in [0.1, 0.15) is 73.9 Å². The predicted octanol–water partition coefficient (Wildman–Crippen LogP) is 7.35. The maximum atomic E-state index is 13.9. The van der Waals surface area contributed by atoms with Crippen molar-refractivity contribution in [3.8, 4) is 11.5 Å². The van der Waals surface area contributed by atoms with Crippen LogP contribution in [0.5, 0.6) is 11.5 Å². The number of carbonyl (C=O) groups excluding carboxylic acids is 2. The Morgan fingerprint density at radius 3 is 2.40 bits per heavy atom. The molecular formula is C37H41N3O3. The van der Waals surface area contributed by atoms with Crippen molar-refractivity contribution in [1.29, 1.82) is 0 Å². The number of hydrogen-bond acceptors (Lipinski definition) is 4. The number of fused-ring (bicyclic) bond motifs is 1. The van der Waals surface area contributed by atoms with Crippen LogP contribution in [-0.4, -0.2) is 11.8 Å². The van der Waals surface area contributed by atoms with Crippen molar-refractivity contribution in [3.05, 3.63) is 125 Å². The van der Waals surface area contributed by atoms with Gasteiger partial charge in [0.2, 0.25) is 11.8 Å². The van der Waals surface area contributed by atoms with Crippen LogP contribution in [0.4, 0.5) is 5.69 Å². The summed E-state index contributed by atoms with van der Waals surface area (Å²) >= 11 is 0. The molecular weight excluding hydrogens is 534 g/mol. The van der Waals surface area contributed by atoms with Crippen molar-refractivity contribution in [2.75, 3.05) is 4.90 Å². The van der Waals surface area contributed by atoms with Crippen LogP contribution >= 0.6 is 0 Å². The van der Waals surface area contributed by atoms with E-state index in [0.29, 0.717) is 30.3 Å². The first-order valence-electron chi connectivity index (χ1n) is 15.0. The van der Waals surface area contributed by atoms with Crippen LogP contribution in [-0.2, 0) is 34.5 Å². The number of nitrogens with zero attached hydrogens (tertiary/aromatic N) is 1. The Hall–Kier alpha value is -4.42. The molecule has 3 N–H and O–H groups in total. The molecule has 0 radical (unpaired) electrons. The number of benzene rings is 4. The van der Waals surface area contributed by atoms with E-state index in [4.69, 9.17) is 10.5 Å². The molecule has 0 saturated heterocycles. The van der Waals surface area contributed by atoms with Gasteiger partial charge in [0.15, 0.2) is 5.75 Å². The Morgan fingerprint density at radius 2 is 1.63 bits per heavy atom. The van der Waals surface area contributed by atoms with E-state index in [-0.39, 0.29) is 36.1 Å². The van der Waals surface area contributed by atoms with E-state index in [1.165, 1.54) is 16.7 Å². The SMILES string of the molecule is CC(C)(C)c1ccc(CN(C(=O)CCC(=O)NC2CCc3ccccc32)c2ccccc2Oc2cccc(CN)c2)cc1. The van der Waals surface area contributed by atoms with Crippen LogP contribution in [0.2, 0.25) is 0 Å². The standard InChI is InChI=1S/C37H41N3O3/c1-37(2,3)29-18-15-26(16-19-29)25-40(33-13-6-7-14-34(33)43-30-11-8-9-27(23-30)24-38)36(42)22-21-35(41)39-32-20-17-28-10-4-5-12-31(28)32/h4-16,18-19,23,32H,17,20-22,24-25,38H2,1-3H3,(H,39,41). The first-order valence-corrected chi connectivity index (χ1v) is 15.0. The van der Waals surface area contributed by atoms with Crippen molar-refractivity contribution in [3.63, 3.8) is 0 Å². The quantitative estimate of drug-likeness (QED) is 0.207. The molecule has 5 rings (SSSR count). The highest BCUT2D eigenvalue weighted by atomic mass is 16.5. The summed E-state index contributed by atoms with van der Waals surface area (Å²) in [6.45, 7) is 7.30. The summed E-state index contributed by atoms with van der Waals surface area (Å²) in [4.78, 5) is 28.6. The molecule has 0 aromatic heterocycles. The van der Waals surface area contributed by atoms with Crippen LogP contribution in [0.25, 0.3) is 0 Å². The molecule has 2 amide bonds. The van der Waals surface area contributed by atoms with Gasteiger partial charge in [-0.1, -0.05) is 93.6 Å². The molecule has 1 atom stereocenters. The van der Waals surface area contributed by atoms with Gasteiger partial charge in [0.05, 0.1) is 18.3 Å². The molecule has 1 unspecified atom stereocenters. The van der Waals surface area contributed by atoms with E-state index < -0.39 is 0 Å². The molecule has 6 nitrogen and oxygen atoms in total. The number of para-hydroxylation sites is 2. The van der Waals surface area contributed by atoms with Crippen molar-refractivity contribution in [2.45, 2.75) is 71.0 Å². The summed E-state index contributed by atoms with van der Waals surface area (Å²) < 4.78 is 6.30. The minimum atomic E-state index is -0.145. The lowest BCUT2D eigenvalue weighted by Crippen LogP contribution is -2.33. The van der Waals surface area contributed by atoms with E-state index >= 15 is 0 Å². The van der Waals surface area contributed by atoms with Gasteiger partial charge in [-0.2, -0.15) is 0 Å². The van der Waals surface area contributed by atoms with Crippen LogP contribution in [0, 0.1) is 0 Å². The van der Waals surface area contributed by atoms with Gasteiger partial charge in [0, 0.05) is 19.4 Å². The molecule has 0 bridgehead atoms. The molecule has 1 aliphatic rings. The second-order valence-corrected chi connectivity index (χ2v) is 12.2. The average Bonchev–Trinajstić information content (AvgIpc) is 3.41. The summed E-state index contributed by atoms with van der Waals surface area (Å²) in [6, 6.07) is 31.7. The largest absolute Gasteiger partial charge is 0.455 e. The molecule has 0 heterocycles. The van der Waals surface area contributed by atoms with Gasteiger partial charge in [0.1, 0.15) is 5.75 Å². The maximum Gasteiger partial charge on any atom is 0.227 e. The Labute approximate surface area is 254 Å². The number of anilines is 1. The van der Waals surface area contributed by atoms with Crippen LogP contribution in [0.3, 0.4) is 0 Å². The lowest BCUT2D eigenvalue weighted by Gasteiger charge is -2.26. The Kier molecular flexibility index (Phi) is 9.27. The molecule has 6 heteroatoms. The Morgan fingerprint density at radius 1 is 0.884 bits per heavy atom. The number of amides is 2. The summed E-state index contributed by atoms with van der Waals surface area (Å²) in [6.07, 6.45) is 2.02. The van der Waals surface area contributed by atoms with Gasteiger partial charge in [-0.15, -0.1) is 0 Å². The smallest absolute Gasteiger partial charge is 0.227 e. The van der Waals surface area contributed by atoms with Gasteiger partial charge >= 0.3 is 0 Å². The van der Waals surface area contributed by atoms with E-state index in [0.717, 1.165) is 24.0 Å². The number of nitrogens with one attached hydrogen (secondary N) is 1. The fraction of sp³-hybridized carbons (Fsp3) is 0.297. The lowest BCUT2D eigenvalue weighted by molar-refractivity contribution is -0.125. The average molecular weight is 576 g/mol. The van der Waals surface area contributed by atoms with E-state index in [1.54, 1.807) is 4.90 Å². The molecule has 0 saturated carbocycles. The minimum absolute atomic E-state index is 0.00496. The number of carbonyl (C=O) groups is 2. The molecule has 43 heavy (non-hydrogen) atoms. The normalized spacial score (nSPS) is 14.2. The number of aryl methyl sites for hydroxylation is 1. The molecule has 0 aliphatic heterocycles. The van der Waals surface area contributed by atoms with E-state index in [9.17, 15) is 9.59 Å². The van der Waals surface area contributed by atoms with Crippen molar-refractivity contribution in [2.24, 2.45) is 5.73 Å². The number of rotatable bonds is 10. The summed E-state index contributed by atoms with van der Waals surface area (Å²) in [5.74, 6) is 0.943. The zero-order valence-electron chi connectivity index (χ0n) is 25.3. The minimum Gasteiger partial charge on any atom is -0.455 e. The monoisotopic (exact) mass is 575 g/mol. The molecule has 1 aliphatic carbocycles. The predicted molar refractivity (Wildman–Crippen MR) is 172 cm³/mol. The zero-order chi connectivity index (χ0) is 30.4. The maximum absolute atomic E-state index is 13.9. The Bertz CT molecular complexity index is 1570. The molecule has 4 aromatic rings. The van der Waals surface area contributed by atoms with Crippen LogP contribution < -0.4 is 20.7 Å². The second-order valence-electron chi connectivity index (χ2n) is 12.2. The third-order valence-electron chi connectivity index (χ3n) is 8.01. The van der Waals surface area contributed by atoms with Gasteiger partial charge in [-0.05, 0) is 70.3 Å². The molecule has 0 spiro atoms. The number of hydrogen-bond donors (Lipinski definition) is 2. The van der Waals surface area contributed by atoms with Crippen molar-refractivity contribution >= 4 is 17.5 Å². The van der Waals surface area contributed by atoms with E-state index in [2.05, 4.69) is 62.5 Å². The van der Waals surface area contributed by atoms with Gasteiger partial charge in [-0.3, -0.25) is 9.59 Å². The summed E-state index contributed by atoms with van der Waals surface area (Å²) in [7, 11) is 0. The number of nitrogens with two attached hydrogens (primary N) is 1. The first-order chi connectivity index (χ1) is 20.7.